The lowest BCUT2D eigenvalue weighted by molar-refractivity contribution is -0.141. The Morgan fingerprint density at radius 2 is 1.67 bits per heavy atom. The van der Waals surface area contributed by atoms with Gasteiger partial charge < -0.3 is 9.84 Å². The predicted octanol–water partition coefficient (Wildman–Crippen LogP) is 4.71. The number of carbonyl (C=O) groups excluding carboxylic acids is 4. The molecule has 7 rings (SSSR count). The molecule has 2 aliphatic carbocycles. The Kier molecular flexibility index (Phi) is 6.80. The van der Waals surface area contributed by atoms with Crippen molar-refractivity contribution in [1.29, 1.82) is 0 Å². The van der Waals surface area contributed by atoms with Crippen LogP contribution in [-0.2, 0) is 24.6 Å². The number of methoxy groups -OCH3 is 1. The minimum atomic E-state index is -1.44. The van der Waals surface area contributed by atoms with Gasteiger partial charge in [-0.2, -0.15) is 5.01 Å². The Labute approximate surface area is 261 Å². The number of anilines is 1. The number of nitrogens with zero attached hydrogens (tertiary/aromatic N) is 2. The lowest BCUT2D eigenvalue weighted by atomic mass is 9.49. The molecule has 2 aliphatic heterocycles. The van der Waals surface area contributed by atoms with Gasteiger partial charge in [-0.3, -0.25) is 29.5 Å². The van der Waals surface area contributed by atoms with Crippen molar-refractivity contribution in [1.82, 2.24) is 9.91 Å². The summed E-state index contributed by atoms with van der Waals surface area (Å²) in [7, 11) is 1.51. The normalized spacial score (nSPS) is 28.9. The van der Waals surface area contributed by atoms with Gasteiger partial charge in [-0.15, -0.1) is 0 Å². The maximum Gasteiger partial charge on any atom is 0.260 e. The van der Waals surface area contributed by atoms with Crippen LogP contribution >= 0.6 is 0 Å². The molecule has 1 saturated carbocycles. The number of hydrazine groups is 1. The molecule has 9 nitrogen and oxygen atoms in total. The van der Waals surface area contributed by atoms with Crippen molar-refractivity contribution < 1.29 is 29.0 Å². The van der Waals surface area contributed by atoms with Crippen LogP contribution < -0.4 is 10.2 Å². The second kappa shape index (κ2) is 10.6. The average molecular weight is 606 g/mol. The van der Waals surface area contributed by atoms with Gasteiger partial charge in [0, 0.05) is 24.1 Å². The highest BCUT2D eigenvalue weighted by Crippen LogP contribution is 2.64. The van der Waals surface area contributed by atoms with Crippen molar-refractivity contribution in [3.63, 3.8) is 0 Å². The van der Waals surface area contributed by atoms with Crippen LogP contribution in [0.5, 0.6) is 11.5 Å². The minimum absolute atomic E-state index is 0.0775. The van der Waals surface area contributed by atoms with Crippen molar-refractivity contribution >= 4 is 29.3 Å². The minimum Gasteiger partial charge on any atom is -0.508 e. The molecule has 3 aromatic carbocycles. The SMILES string of the molecule is CCN1C(=O)C2CC=C3C(CC4C(=O)N(Nc5ccc(C)cc5)C(=O)C4(c4ccccc4)C3c3ccc(OC)cc3O)C2C1=O. The number of ether oxygens (including phenoxy) is 1. The van der Waals surface area contributed by atoms with Gasteiger partial charge in [0.15, 0.2) is 0 Å². The molecule has 4 amide bonds. The third-order valence-electron chi connectivity index (χ3n) is 10.3. The quantitative estimate of drug-likeness (QED) is 0.309. The molecule has 3 fully saturated rings. The van der Waals surface area contributed by atoms with Gasteiger partial charge in [-0.1, -0.05) is 65.7 Å². The van der Waals surface area contributed by atoms with Gasteiger partial charge in [0.05, 0.1) is 36.0 Å². The van der Waals surface area contributed by atoms with Crippen molar-refractivity contribution in [3.8, 4) is 11.5 Å². The molecular weight excluding hydrogens is 570 g/mol. The summed E-state index contributed by atoms with van der Waals surface area (Å²) in [4.78, 5) is 58.1. The summed E-state index contributed by atoms with van der Waals surface area (Å²) in [6.45, 7) is 4.02. The van der Waals surface area contributed by atoms with E-state index in [1.807, 2.05) is 67.6 Å². The third-order valence-corrected chi connectivity index (χ3v) is 10.3. The number of aromatic hydroxyl groups is 1. The highest BCUT2D eigenvalue weighted by atomic mass is 16.5. The molecule has 0 bridgehead atoms. The van der Waals surface area contributed by atoms with Crippen molar-refractivity contribution in [2.75, 3.05) is 19.1 Å². The molecule has 9 heteroatoms. The summed E-state index contributed by atoms with van der Waals surface area (Å²) >= 11 is 0. The molecule has 0 aromatic heterocycles. The monoisotopic (exact) mass is 605 g/mol. The lowest BCUT2D eigenvalue weighted by Crippen LogP contribution is -2.53. The van der Waals surface area contributed by atoms with Crippen LogP contribution in [0.1, 0.15) is 42.4 Å². The number of phenols is 1. The van der Waals surface area contributed by atoms with Gasteiger partial charge in [-0.05, 0) is 56.4 Å². The Morgan fingerprint density at radius 3 is 2.33 bits per heavy atom. The van der Waals surface area contributed by atoms with Crippen LogP contribution in [-0.4, -0.2) is 52.3 Å². The van der Waals surface area contributed by atoms with Gasteiger partial charge in [0.25, 0.3) is 11.8 Å². The first-order valence-corrected chi connectivity index (χ1v) is 15.4. The fraction of sp³-hybridized carbons (Fsp3) is 0.333. The molecule has 2 heterocycles. The van der Waals surface area contributed by atoms with Gasteiger partial charge in [-0.25, -0.2) is 0 Å². The van der Waals surface area contributed by atoms with Crippen LogP contribution in [0.2, 0.25) is 0 Å². The number of amides is 4. The first-order chi connectivity index (χ1) is 21.7. The van der Waals surface area contributed by atoms with E-state index in [0.29, 0.717) is 29.0 Å². The number of benzene rings is 3. The summed E-state index contributed by atoms with van der Waals surface area (Å²) in [5.41, 5.74) is 5.17. The maximum atomic E-state index is 15.1. The number of rotatable bonds is 6. The Hall–Kier alpha value is -4.92. The van der Waals surface area contributed by atoms with E-state index in [-0.39, 0.29) is 30.5 Å². The largest absolute Gasteiger partial charge is 0.508 e. The van der Waals surface area contributed by atoms with Gasteiger partial charge >= 0.3 is 0 Å². The molecule has 230 valence electrons. The summed E-state index contributed by atoms with van der Waals surface area (Å²) in [5.74, 6) is -4.21. The molecule has 3 aromatic rings. The van der Waals surface area contributed by atoms with Crippen LogP contribution in [0.4, 0.5) is 5.69 Å². The van der Waals surface area contributed by atoms with E-state index in [4.69, 9.17) is 4.74 Å². The number of likely N-dealkylation sites (tertiary alicyclic amines) is 1. The van der Waals surface area contributed by atoms with Crippen LogP contribution in [0, 0.1) is 30.6 Å². The fourth-order valence-electron chi connectivity index (χ4n) is 8.36. The van der Waals surface area contributed by atoms with Crippen molar-refractivity contribution in [3.05, 3.63) is 101 Å². The van der Waals surface area contributed by atoms with Gasteiger partial charge in [0.2, 0.25) is 11.8 Å². The number of carbonyl (C=O) groups is 4. The zero-order valence-corrected chi connectivity index (χ0v) is 25.4. The molecular formula is C36H35N3O6. The highest BCUT2D eigenvalue weighted by molar-refractivity contribution is 6.13. The number of hydrogen-bond donors (Lipinski definition) is 2. The predicted molar refractivity (Wildman–Crippen MR) is 166 cm³/mol. The summed E-state index contributed by atoms with van der Waals surface area (Å²) < 4.78 is 5.38. The molecule has 0 spiro atoms. The van der Waals surface area contributed by atoms with Crippen LogP contribution in [0.15, 0.2) is 84.4 Å². The smallest absolute Gasteiger partial charge is 0.260 e. The standard InChI is InChI=1S/C36H35N3O6/c1-4-38-32(41)26-17-16-24-27(30(26)34(38)43)19-28-33(42)39(37-22-12-10-20(2)11-13-22)35(44)36(28,21-8-6-5-7-9-21)31(24)25-15-14-23(45-3)18-29(25)40/h5-16,18,26-28,30-31,37,40H,4,17,19H2,1-3H3. The topological polar surface area (TPSA) is 116 Å². The van der Waals surface area contributed by atoms with E-state index in [1.165, 1.54) is 18.1 Å². The Morgan fingerprint density at radius 1 is 0.933 bits per heavy atom. The molecule has 6 unspecified atom stereocenters. The Bertz CT molecular complexity index is 1750. The third kappa shape index (κ3) is 4.06. The number of hydrogen-bond acceptors (Lipinski definition) is 7. The number of fused-ring (bicyclic) bond motifs is 4. The Balaban J connectivity index is 1.47. The first kappa shape index (κ1) is 28.8. The van der Waals surface area contributed by atoms with Crippen molar-refractivity contribution in [2.45, 2.75) is 38.0 Å². The number of allylic oxidation sites excluding steroid dienone is 2. The summed E-state index contributed by atoms with van der Waals surface area (Å²) in [5, 5.41) is 12.6. The summed E-state index contributed by atoms with van der Waals surface area (Å²) in [6.07, 6.45) is 2.54. The molecule has 2 saturated heterocycles. The second-order valence-electron chi connectivity index (χ2n) is 12.4. The molecule has 45 heavy (non-hydrogen) atoms. The lowest BCUT2D eigenvalue weighted by Gasteiger charge is -2.50. The van der Waals surface area contributed by atoms with E-state index in [2.05, 4.69) is 5.43 Å². The average Bonchev–Trinajstić information content (AvgIpc) is 3.43. The maximum absolute atomic E-state index is 15.1. The van der Waals surface area contributed by atoms with Crippen LogP contribution in [0.25, 0.3) is 0 Å². The second-order valence-corrected chi connectivity index (χ2v) is 12.4. The van der Waals surface area contributed by atoms with E-state index < -0.39 is 46.8 Å². The number of nitrogens with one attached hydrogen (secondary N) is 1. The van der Waals surface area contributed by atoms with Gasteiger partial charge in [0.1, 0.15) is 11.5 Å². The van der Waals surface area contributed by atoms with E-state index in [0.717, 1.165) is 16.1 Å². The van der Waals surface area contributed by atoms with E-state index in [1.54, 1.807) is 19.1 Å². The van der Waals surface area contributed by atoms with E-state index in [9.17, 15) is 19.5 Å². The molecule has 4 aliphatic rings. The number of phenolic OH excluding ortho intramolecular Hbond substituents is 1. The number of imide groups is 2. The molecule has 6 atom stereocenters. The van der Waals surface area contributed by atoms with E-state index >= 15 is 4.79 Å². The zero-order valence-electron chi connectivity index (χ0n) is 25.4. The summed E-state index contributed by atoms with van der Waals surface area (Å²) in [6, 6.07) is 21.7. The number of aryl methyl sites for hydroxylation is 1. The highest BCUT2D eigenvalue weighted by Gasteiger charge is 2.70. The first-order valence-electron chi connectivity index (χ1n) is 15.4. The van der Waals surface area contributed by atoms with Crippen molar-refractivity contribution in [2.24, 2.45) is 23.7 Å². The molecule has 0 radical (unpaired) electrons. The zero-order chi connectivity index (χ0) is 31.6. The van der Waals surface area contributed by atoms with Crippen LogP contribution in [0.3, 0.4) is 0 Å². The fourth-order valence-corrected chi connectivity index (χ4v) is 8.36. The molecule has 2 N–H and O–H groups in total.